The Morgan fingerprint density at radius 1 is 1.43 bits per heavy atom. The number of guanidine groups is 1. The molecule has 1 aromatic carbocycles. The molecule has 4 N–H and O–H groups in total. The van der Waals surface area contributed by atoms with E-state index in [1.165, 1.54) is 0 Å². The number of rotatable bonds is 6. The van der Waals surface area contributed by atoms with E-state index in [0.717, 1.165) is 15.7 Å². The maximum Gasteiger partial charge on any atom is 0.226 e. The molecule has 0 unspecified atom stereocenters. The van der Waals surface area contributed by atoms with Crippen LogP contribution in [-0.2, 0) is 4.79 Å². The lowest BCUT2D eigenvalue weighted by Crippen LogP contribution is -2.34. The minimum absolute atomic E-state index is 0.0513. The Morgan fingerprint density at radius 2 is 2.14 bits per heavy atom. The van der Waals surface area contributed by atoms with Crippen molar-refractivity contribution >= 4 is 33.5 Å². The Kier molecular flexibility index (Phi) is 7.22. The number of carbonyl (C=O) groups is 1. The van der Waals surface area contributed by atoms with Gasteiger partial charge in [-0.15, -0.1) is 0 Å². The summed E-state index contributed by atoms with van der Waals surface area (Å²) >= 11 is 3.40. The van der Waals surface area contributed by atoms with Gasteiger partial charge in [-0.3, -0.25) is 9.79 Å². The van der Waals surface area contributed by atoms with Crippen LogP contribution >= 0.6 is 15.9 Å². The van der Waals surface area contributed by atoms with Gasteiger partial charge < -0.3 is 16.4 Å². The summed E-state index contributed by atoms with van der Waals surface area (Å²) in [5.74, 6) is 0.801. The highest BCUT2D eigenvalue weighted by Crippen LogP contribution is 2.19. The molecular formula is C15H23BrN4O. The van der Waals surface area contributed by atoms with E-state index >= 15 is 0 Å². The van der Waals surface area contributed by atoms with Gasteiger partial charge in [-0.05, 0) is 36.6 Å². The van der Waals surface area contributed by atoms with Gasteiger partial charge in [-0.1, -0.05) is 29.8 Å². The lowest BCUT2D eigenvalue weighted by molar-refractivity contribution is -0.116. The molecule has 21 heavy (non-hydrogen) atoms. The van der Waals surface area contributed by atoms with Crippen molar-refractivity contribution in [3.8, 4) is 0 Å². The molecule has 0 saturated heterocycles. The van der Waals surface area contributed by atoms with Crippen LogP contribution in [0.1, 0.15) is 25.8 Å². The third kappa shape index (κ3) is 7.13. The lowest BCUT2D eigenvalue weighted by Gasteiger charge is -2.10. The monoisotopic (exact) mass is 354 g/mol. The van der Waals surface area contributed by atoms with Crippen LogP contribution in [0.25, 0.3) is 0 Å². The van der Waals surface area contributed by atoms with E-state index in [4.69, 9.17) is 5.73 Å². The van der Waals surface area contributed by atoms with E-state index in [1.54, 1.807) is 0 Å². The fraction of sp³-hybridized carbons (Fsp3) is 0.467. The lowest BCUT2D eigenvalue weighted by atomic mass is 10.2. The van der Waals surface area contributed by atoms with Crippen LogP contribution < -0.4 is 16.4 Å². The van der Waals surface area contributed by atoms with Crippen LogP contribution in [0.15, 0.2) is 27.7 Å². The fourth-order valence-electron chi connectivity index (χ4n) is 1.62. The average Bonchev–Trinajstić information content (AvgIpc) is 2.39. The maximum absolute atomic E-state index is 11.9. The van der Waals surface area contributed by atoms with Gasteiger partial charge >= 0.3 is 0 Å². The standard InChI is InChI=1S/C15H23BrN4O/c1-10(2)9-19-15(17)18-7-6-14(21)20-13-5-4-12(16)8-11(13)3/h4-5,8,10H,6-7,9H2,1-3H3,(H,20,21)(H3,17,18,19). The van der Waals surface area contributed by atoms with Crippen molar-refractivity contribution in [1.29, 1.82) is 0 Å². The van der Waals surface area contributed by atoms with Gasteiger partial charge in [0.05, 0.1) is 0 Å². The Labute approximate surface area is 134 Å². The number of benzene rings is 1. The largest absolute Gasteiger partial charge is 0.370 e. The number of aryl methyl sites for hydroxylation is 1. The molecule has 1 amide bonds. The SMILES string of the molecule is Cc1cc(Br)ccc1NC(=O)CCNC(N)=NCC(C)C. The van der Waals surface area contributed by atoms with Gasteiger partial charge in [-0.2, -0.15) is 0 Å². The molecular weight excluding hydrogens is 332 g/mol. The van der Waals surface area contributed by atoms with Gasteiger partial charge in [0.25, 0.3) is 0 Å². The number of hydrogen-bond donors (Lipinski definition) is 3. The summed E-state index contributed by atoms with van der Waals surface area (Å²) in [7, 11) is 0. The summed E-state index contributed by atoms with van der Waals surface area (Å²) in [5, 5.41) is 5.82. The Bertz CT molecular complexity index is 514. The molecule has 0 aliphatic carbocycles. The Morgan fingerprint density at radius 3 is 2.76 bits per heavy atom. The van der Waals surface area contributed by atoms with Crippen LogP contribution in [0.5, 0.6) is 0 Å². The van der Waals surface area contributed by atoms with E-state index < -0.39 is 0 Å². The van der Waals surface area contributed by atoms with E-state index in [1.807, 2.05) is 25.1 Å². The summed E-state index contributed by atoms with van der Waals surface area (Å²) in [4.78, 5) is 16.0. The van der Waals surface area contributed by atoms with Crippen LogP contribution in [0.2, 0.25) is 0 Å². The zero-order chi connectivity index (χ0) is 15.8. The van der Waals surface area contributed by atoms with Gasteiger partial charge in [0, 0.05) is 29.7 Å². The quantitative estimate of drug-likeness (QED) is 0.542. The molecule has 1 rings (SSSR count). The van der Waals surface area contributed by atoms with Crippen molar-refractivity contribution in [2.45, 2.75) is 27.2 Å². The first-order chi connectivity index (χ1) is 9.88. The summed E-state index contributed by atoms with van der Waals surface area (Å²) in [6, 6.07) is 5.74. The van der Waals surface area contributed by atoms with Crippen LogP contribution in [0.4, 0.5) is 5.69 Å². The summed E-state index contributed by atoms with van der Waals surface area (Å²) in [6.45, 7) is 7.25. The topological polar surface area (TPSA) is 79.5 Å². The Hall–Kier alpha value is -1.56. The predicted octanol–water partition coefficient (Wildman–Crippen LogP) is 2.65. The first-order valence-corrected chi connectivity index (χ1v) is 7.77. The van der Waals surface area contributed by atoms with Crippen LogP contribution in [0.3, 0.4) is 0 Å². The Balaban J connectivity index is 2.36. The van der Waals surface area contributed by atoms with Gasteiger partial charge in [0.2, 0.25) is 5.91 Å². The highest BCUT2D eigenvalue weighted by atomic mass is 79.9. The molecule has 0 atom stereocenters. The normalized spacial score (nSPS) is 11.6. The van der Waals surface area contributed by atoms with Gasteiger partial charge in [-0.25, -0.2) is 0 Å². The number of aliphatic imine (C=N–C) groups is 1. The molecule has 0 heterocycles. The molecule has 1 aromatic rings. The van der Waals surface area contributed by atoms with Crippen molar-refractivity contribution in [3.63, 3.8) is 0 Å². The van der Waals surface area contributed by atoms with Crippen molar-refractivity contribution in [1.82, 2.24) is 5.32 Å². The number of halogens is 1. The predicted molar refractivity (Wildman–Crippen MR) is 91.5 cm³/mol. The van der Waals surface area contributed by atoms with Gasteiger partial charge in [0.1, 0.15) is 0 Å². The molecule has 0 spiro atoms. The second kappa shape index (κ2) is 8.67. The van der Waals surface area contributed by atoms with Crippen LogP contribution in [-0.4, -0.2) is 25.0 Å². The molecule has 116 valence electrons. The second-order valence-corrected chi connectivity index (χ2v) is 6.22. The zero-order valence-corrected chi connectivity index (χ0v) is 14.3. The third-order valence-corrected chi connectivity index (χ3v) is 3.24. The average molecular weight is 355 g/mol. The van der Waals surface area contributed by atoms with Crippen molar-refractivity contribution in [2.75, 3.05) is 18.4 Å². The van der Waals surface area contributed by atoms with Crippen molar-refractivity contribution < 1.29 is 4.79 Å². The minimum Gasteiger partial charge on any atom is -0.370 e. The molecule has 6 heteroatoms. The number of anilines is 1. The molecule has 0 fully saturated rings. The molecule has 0 aliphatic rings. The maximum atomic E-state index is 11.9. The first-order valence-electron chi connectivity index (χ1n) is 6.98. The van der Waals surface area contributed by atoms with Crippen LogP contribution in [0, 0.1) is 12.8 Å². The molecule has 0 aromatic heterocycles. The summed E-state index contributed by atoms with van der Waals surface area (Å²) in [5.41, 5.74) is 7.54. The van der Waals surface area contributed by atoms with E-state index in [2.05, 4.69) is 45.4 Å². The summed E-state index contributed by atoms with van der Waals surface area (Å²) < 4.78 is 0.994. The van der Waals surface area contributed by atoms with Crippen molar-refractivity contribution in [3.05, 3.63) is 28.2 Å². The smallest absolute Gasteiger partial charge is 0.226 e. The molecule has 0 radical (unpaired) electrons. The third-order valence-electron chi connectivity index (χ3n) is 2.75. The first kappa shape index (κ1) is 17.5. The van der Waals surface area contributed by atoms with E-state index in [-0.39, 0.29) is 5.91 Å². The number of carbonyl (C=O) groups excluding carboxylic acids is 1. The summed E-state index contributed by atoms with van der Waals surface area (Å²) in [6.07, 6.45) is 0.341. The number of nitrogens with two attached hydrogens (primary N) is 1. The number of nitrogens with one attached hydrogen (secondary N) is 2. The van der Waals surface area contributed by atoms with Gasteiger partial charge in [0.15, 0.2) is 5.96 Å². The number of amides is 1. The van der Waals surface area contributed by atoms with E-state index in [0.29, 0.717) is 31.4 Å². The molecule has 5 nitrogen and oxygen atoms in total. The fourth-order valence-corrected chi connectivity index (χ4v) is 2.10. The second-order valence-electron chi connectivity index (χ2n) is 5.30. The highest BCUT2D eigenvalue weighted by molar-refractivity contribution is 9.10. The highest BCUT2D eigenvalue weighted by Gasteiger charge is 2.05. The molecule has 0 bridgehead atoms. The minimum atomic E-state index is -0.0513. The van der Waals surface area contributed by atoms with Crippen molar-refractivity contribution in [2.24, 2.45) is 16.6 Å². The van der Waals surface area contributed by atoms with E-state index in [9.17, 15) is 4.79 Å². The molecule has 0 aliphatic heterocycles. The number of nitrogens with zero attached hydrogens (tertiary/aromatic N) is 1. The molecule has 0 saturated carbocycles. The zero-order valence-electron chi connectivity index (χ0n) is 12.7. The number of hydrogen-bond acceptors (Lipinski definition) is 2.